The van der Waals surface area contributed by atoms with Crippen LogP contribution in [0.5, 0.6) is 0 Å². The van der Waals surface area contributed by atoms with E-state index in [0.717, 1.165) is 22.4 Å². The van der Waals surface area contributed by atoms with Crippen molar-refractivity contribution >= 4 is 0 Å². The molecule has 0 unspecified atom stereocenters. The summed E-state index contributed by atoms with van der Waals surface area (Å²) >= 11 is 0. The highest BCUT2D eigenvalue weighted by Gasteiger charge is 2.08. The van der Waals surface area contributed by atoms with E-state index in [0.29, 0.717) is 5.56 Å². The Morgan fingerprint density at radius 2 is 1.43 bits per heavy atom. The first-order valence-electron chi connectivity index (χ1n) is 6.93. The molecule has 21 heavy (non-hydrogen) atoms. The van der Waals surface area contributed by atoms with E-state index >= 15 is 0 Å². The second kappa shape index (κ2) is 5.49. The van der Waals surface area contributed by atoms with Crippen molar-refractivity contribution in [1.29, 1.82) is 0 Å². The third-order valence-electron chi connectivity index (χ3n) is 3.54. The molecular formula is C19H16FN. The molecule has 0 amide bonds. The molecule has 0 aliphatic carbocycles. The average Bonchev–Trinajstić information content (AvgIpc) is 2.49. The lowest BCUT2D eigenvalue weighted by Crippen LogP contribution is -1.89. The van der Waals surface area contributed by atoms with Gasteiger partial charge in [-0.05, 0) is 37.1 Å². The minimum Gasteiger partial charge on any atom is -0.256 e. The standard InChI is InChI=1S/C19H16FN/c1-13-3-6-15(7-4-13)17-9-8-16(11-18(17)20)19-10-5-14(2)12-21-19/h3-12H,1-2H3. The van der Waals surface area contributed by atoms with Crippen LogP contribution in [-0.4, -0.2) is 4.98 Å². The summed E-state index contributed by atoms with van der Waals surface area (Å²) in [5, 5.41) is 0. The smallest absolute Gasteiger partial charge is 0.131 e. The van der Waals surface area contributed by atoms with Gasteiger partial charge in [-0.25, -0.2) is 4.39 Å². The predicted molar refractivity (Wildman–Crippen MR) is 84.5 cm³/mol. The van der Waals surface area contributed by atoms with E-state index in [9.17, 15) is 4.39 Å². The maximum atomic E-state index is 14.4. The summed E-state index contributed by atoms with van der Waals surface area (Å²) in [7, 11) is 0. The van der Waals surface area contributed by atoms with Gasteiger partial charge in [0.15, 0.2) is 0 Å². The highest BCUT2D eigenvalue weighted by molar-refractivity contribution is 5.69. The predicted octanol–water partition coefficient (Wildman–Crippen LogP) is 5.17. The molecule has 1 heterocycles. The Hall–Kier alpha value is -2.48. The van der Waals surface area contributed by atoms with Gasteiger partial charge in [-0.1, -0.05) is 48.0 Å². The topological polar surface area (TPSA) is 12.9 Å². The van der Waals surface area contributed by atoms with E-state index in [2.05, 4.69) is 4.98 Å². The van der Waals surface area contributed by atoms with Gasteiger partial charge in [-0.15, -0.1) is 0 Å². The zero-order valence-corrected chi connectivity index (χ0v) is 12.1. The number of aromatic nitrogens is 1. The van der Waals surface area contributed by atoms with Crippen LogP contribution in [0.3, 0.4) is 0 Å². The summed E-state index contributed by atoms with van der Waals surface area (Å²) in [4.78, 5) is 4.34. The Kier molecular flexibility index (Phi) is 3.53. The van der Waals surface area contributed by atoms with Crippen LogP contribution < -0.4 is 0 Å². The fraction of sp³-hybridized carbons (Fsp3) is 0.105. The Bertz CT molecular complexity index is 759. The lowest BCUT2D eigenvalue weighted by Gasteiger charge is -2.07. The molecule has 0 bridgehead atoms. The molecule has 3 aromatic rings. The third kappa shape index (κ3) is 2.84. The fourth-order valence-electron chi connectivity index (χ4n) is 2.28. The summed E-state index contributed by atoms with van der Waals surface area (Å²) in [6, 6.07) is 17.0. The SMILES string of the molecule is Cc1ccc(-c2ccc(-c3ccc(C)cn3)cc2F)cc1. The number of rotatable bonds is 2. The van der Waals surface area contributed by atoms with Crippen molar-refractivity contribution in [3.05, 3.63) is 77.7 Å². The van der Waals surface area contributed by atoms with E-state index in [1.54, 1.807) is 12.3 Å². The van der Waals surface area contributed by atoms with Gasteiger partial charge in [0.05, 0.1) is 5.69 Å². The lowest BCUT2D eigenvalue weighted by atomic mass is 10.0. The zero-order valence-electron chi connectivity index (χ0n) is 12.1. The highest BCUT2D eigenvalue weighted by Crippen LogP contribution is 2.27. The molecule has 2 heteroatoms. The first-order chi connectivity index (χ1) is 10.1. The number of halogens is 1. The molecule has 0 saturated carbocycles. The number of hydrogen-bond acceptors (Lipinski definition) is 1. The quantitative estimate of drug-likeness (QED) is 0.629. The van der Waals surface area contributed by atoms with E-state index < -0.39 is 0 Å². The first kappa shape index (κ1) is 13.5. The largest absolute Gasteiger partial charge is 0.256 e. The van der Waals surface area contributed by atoms with E-state index in [-0.39, 0.29) is 5.82 Å². The first-order valence-corrected chi connectivity index (χ1v) is 6.93. The van der Waals surface area contributed by atoms with Gasteiger partial charge in [0.2, 0.25) is 0 Å². The van der Waals surface area contributed by atoms with Gasteiger partial charge < -0.3 is 0 Å². The normalized spacial score (nSPS) is 10.6. The van der Waals surface area contributed by atoms with Crippen molar-refractivity contribution in [2.45, 2.75) is 13.8 Å². The maximum absolute atomic E-state index is 14.4. The Balaban J connectivity index is 1.99. The van der Waals surface area contributed by atoms with Crippen LogP contribution in [-0.2, 0) is 0 Å². The molecule has 0 aliphatic rings. The Morgan fingerprint density at radius 1 is 0.762 bits per heavy atom. The van der Waals surface area contributed by atoms with Crippen LogP contribution in [0.1, 0.15) is 11.1 Å². The maximum Gasteiger partial charge on any atom is 0.131 e. The van der Waals surface area contributed by atoms with Crippen LogP contribution >= 0.6 is 0 Å². The van der Waals surface area contributed by atoms with Gasteiger partial charge in [-0.3, -0.25) is 4.98 Å². The van der Waals surface area contributed by atoms with Crippen molar-refractivity contribution in [2.75, 3.05) is 0 Å². The number of pyridine rings is 1. The molecule has 0 aliphatic heterocycles. The minimum atomic E-state index is -0.223. The molecule has 0 radical (unpaired) electrons. The van der Waals surface area contributed by atoms with Crippen LogP contribution in [0.25, 0.3) is 22.4 Å². The number of aryl methyl sites for hydroxylation is 2. The Morgan fingerprint density at radius 3 is 2.05 bits per heavy atom. The van der Waals surface area contributed by atoms with Gasteiger partial charge >= 0.3 is 0 Å². The second-order valence-electron chi connectivity index (χ2n) is 5.28. The minimum absolute atomic E-state index is 0.223. The van der Waals surface area contributed by atoms with Crippen LogP contribution in [0, 0.1) is 19.7 Å². The van der Waals surface area contributed by atoms with Crippen molar-refractivity contribution < 1.29 is 4.39 Å². The summed E-state index contributed by atoms with van der Waals surface area (Å²) < 4.78 is 14.4. The highest BCUT2D eigenvalue weighted by atomic mass is 19.1. The van der Waals surface area contributed by atoms with Crippen molar-refractivity contribution in [2.24, 2.45) is 0 Å². The van der Waals surface area contributed by atoms with Crippen LogP contribution in [0.2, 0.25) is 0 Å². The molecule has 2 aromatic carbocycles. The number of nitrogens with zero attached hydrogens (tertiary/aromatic N) is 1. The van der Waals surface area contributed by atoms with Gasteiger partial charge in [-0.2, -0.15) is 0 Å². The molecular weight excluding hydrogens is 261 g/mol. The summed E-state index contributed by atoms with van der Waals surface area (Å²) in [6.45, 7) is 4.00. The number of benzene rings is 2. The van der Waals surface area contributed by atoms with Crippen molar-refractivity contribution in [3.63, 3.8) is 0 Å². The summed E-state index contributed by atoms with van der Waals surface area (Å²) in [5.41, 5.74) is 5.35. The van der Waals surface area contributed by atoms with Crippen LogP contribution in [0.4, 0.5) is 4.39 Å². The van der Waals surface area contributed by atoms with Crippen molar-refractivity contribution in [1.82, 2.24) is 4.98 Å². The molecule has 0 atom stereocenters. The monoisotopic (exact) mass is 277 g/mol. The Labute approximate surface area is 124 Å². The molecule has 0 saturated heterocycles. The van der Waals surface area contributed by atoms with Crippen molar-refractivity contribution in [3.8, 4) is 22.4 Å². The zero-order chi connectivity index (χ0) is 14.8. The summed E-state index contributed by atoms with van der Waals surface area (Å²) in [6.07, 6.45) is 1.79. The van der Waals surface area contributed by atoms with Gasteiger partial charge in [0, 0.05) is 17.3 Å². The molecule has 3 rings (SSSR count). The van der Waals surface area contributed by atoms with Gasteiger partial charge in [0.1, 0.15) is 5.82 Å². The number of hydrogen-bond donors (Lipinski definition) is 0. The fourth-order valence-corrected chi connectivity index (χ4v) is 2.28. The lowest BCUT2D eigenvalue weighted by molar-refractivity contribution is 0.632. The van der Waals surface area contributed by atoms with E-state index in [1.807, 2.05) is 62.4 Å². The van der Waals surface area contributed by atoms with Crippen LogP contribution in [0.15, 0.2) is 60.8 Å². The van der Waals surface area contributed by atoms with E-state index in [4.69, 9.17) is 0 Å². The van der Waals surface area contributed by atoms with Gasteiger partial charge in [0.25, 0.3) is 0 Å². The molecule has 1 nitrogen and oxygen atoms in total. The molecule has 104 valence electrons. The second-order valence-corrected chi connectivity index (χ2v) is 5.28. The molecule has 0 spiro atoms. The van der Waals surface area contributed by atoms with E-state index in [1.165, 1.54) is 5.56 Å². The summed E-state index contributed by atoms with van der Waals surface area (Å²) in [5.74, 6) is -0.223. The average molecular weight is 277 g/mol. The molecule has 0 fully saturated rings. The molecule has 0 N–H and O–H groups in total. The molecule has 1 aromatic heterocycles. The third-order valence-corrected chi connectivity index (χ3v) is 3.54.